The first-order valence-electron chi connectivity index (χ1n) is 5.95. The van der Waals surface area contributed by atoms with E-state index in [1.54, 1.807) is 24.3 Å². The zero-order valence-electron chi connectivity index (χ0n) is 10.6. The van der Waals surface area contributed by atoms with Crippen molar-refractivity contribution in [2.45, 2.75) is 6.61 Å². The molecule has 20 heavy (non-hydrogen) atoms. The summed E-state index contributed by atoms with van der Waals surface area (Å²) in [5.41, 5.74) is 1.47. The lowest BCUT2D eigenvalue weighted by molar-refractivity contribution is -0.384. The minimum atomic E-state index is -0.473. The molecule has 0 N–H and O–H groups in total. The monoisotopic (exact) mass is 270 g/mol. The van der Waals surface area contributed by atoms with Gasteiger partial charge in [-0.2, -0.15) is 0 Å². The van der Waals surface area contributed by atoms with E-state index in [-0.39, 0.29) is 12.3 Å². The van der Waals surface area contributed by atoms with Crippen molar-refractivity contribution in [2.75, 3.05) is 0 Å². The van der Waals surface area contributed by atoms with Gasteiger partial charge >= 0.3 is 5.97 Å². The van der Waals surface area contributed by atoms with Crippen LogP contribution in [-0.4, -0.2) is 10.9 Å². The van der Waals surface area contributed by atoms with Gasteiger partial charge in [0, 0.05) is 12.1 Å². The molecular formula is C15H12NO4. The van der Waals surface area contributed by atoms with Gasteiger partial charge in [-0.15, -0.1) is 0 Å². The smallest absolute Gasteiger partial charge is 0.314 e. The number of hydrogen-bond acceptors (Lipinski definition) is 4. The highest BCUT2D eigenvalue weighted by Crippen LogP contribution is 2.13. The maximum absolute atomic E-state index is 11.6. The first-order valence-corrected chi connectivity index (χ1v) is 5.95. The van der Waals surface area contributed by atoms with Gasteiger partial charge in [-0.3, -0.25) is 14.9 Å². The molecule has 0 spiro atoms. The number of carbonyl (C=O) groups is 1. The van der Waals surface area contributed by atoms with Crippen LogP contribution in [0.3, 0.4) is 0 Å². The van der Waals surface area contributed by atoms with Gasteiger partial charge in [-0.05, 0) is 23.3 Å². The van der Waals surface area contributed by atoms with E-state index in [4.69, 9.17) is 4.74 Å². The van der Waals surface area contributed by atoms with Crippen LogP contribution in [-0.2, 0) is 16.1 Å². The molecular weight excluding hydrogens is 258 g/mol. The van der Waals surface area contributed by atoms with Gasteiger partial charge in [0.25, 0.3) is 5.69 Å². The van der Waals surface area contributed by atoms with E-state index >= 15 is 0 Å². The molecule has 0 heterocycles. The number of ether oxygens (including phenoxy) is 1. The van der Waals surface area contributed by atoms with Gasteiger partial charge in [0.2, 0.25) is 0 Å². The van der Waals surface area contributed by atoms with E-state index < -0.39 is 10.9 Å². The van der Waals surface area contributed by atoms with E-state index in [1.165, 1.54) is 18.6 Å². The summed E-state index contributed by atoms with van der Waals surface area (Å²) in [4.78, 5) is 21.6. The number of carbonyl (C=O) groups excluding carboxylic acids is 1. The topological polar surface area (TPSA) is 69.4 Å². The summed E-state index contributed by atoms with van der Waals surface area (Å²) in [7, 11) is 0. The second kappa shape index (κ2) is 6.47. The number of nitro benzene ring substituents is 1. The Morgan fingerprint density at radius 3 is 2.35 bits per heavy atom. The lowest BCUT2D eigenvalue weighted by Crippen LogP contribution is -2.05. The third-order valence-electron chi connectivity index (χ3n) is 2.61. The second-order valence-electron chi connectivity index (χ2n) is 4.09. The molecule has 0 aliphatic rings. The van der Waals surface area contributed by atoms with Crippen LogP contribution in [0.25, 0.3) is 0 Å². The summed E-state index contributed by atoms with van der Waals surface area (Å²) < 4.78 is 5.07. The molecule has 0 aliphatic heterocycles. The normalized spacial score (nSPS) is 10.0. The number of esters is 1. The Balaban J connectivity index is 1.85. The summed E-state index contributed by atoms with van der Waals surface area (Å²) in [5, 5.41) is 10.5. The Bertz CT molecular complexity index is 593. The van der Waals surface area contributed by atoms with Crippen molar-refractivity contribution in [3.63, 3.8) is 0 Å². The van der Waals surface area contributed by atoms with E-state index in [0.29, 0.717) is 5.56 Å². The van der Waals surface area contributed by atoms with Crippen LogP contribution >= 0.6 is 0 Å². The van der Waals surface area contributed by atoms with Crippen LogP contribution in [0.15, 0.2) is 54.6 Å². The summed E-state index contributed by atoms with van der Waals surface area (Å²) in [6.45, 7) is 0.0835. The number of rotatable bonds is 5. The Morgan fingerprint density at radius 2 is 1.75 bits per heavy atom. The fourth-order valence-electron chi connectivity index (χ4n) is 1.60. The van der Waals surface area contributed by atoms with Crippen molar-refractivity contribution in [3.8, 4) is 0 Å². The average molecular weight is 270 g/mol. The molecule has 0 atom stereocenters. The van der Waals surface area contributed by atoms with Crippen molar-refractivity contribution >= 4 is 11.7 Å². The maximum Gasteiger partial charge on any atom is 0.314 e. The van der Waals surface area contributed by atoms with E-state index in [9.17, 15) is 14.9 Å². The van der Waals surface area contributed by atoms with Crippen molar-refractivity contribution in [3.05, 3.63) is 82.3 Å². The van der Waals surface area contributed by atoms with Gasteiger partial charge in [0.15, 0.2) is 0 Å². The molecule has 0 aromatic heterocycles. The van der Waals surface area contributed by atoms with Gasteiger partial charge < -0.3 is 4.74 Å². The predicted octanol–water partition coefficient (Wildman–Crippen LogP) is 2.89. The fraction of sp³-hybridized carbons (Fsp3) is 0.0667. The van der Waals surface area contributed by atoms with Crippen molar-refractivity contribution in [2.24, 2.45) is 0 Å². The second-order valence-corrected chi connectivity index (χ2v) is 4.09. The van der Waals surface area contributed by atoms with Crippen LogP contribution in [0.2, 0.25) is 0 Å². The van der Waals surface area contributed by atoms with E-state index in [2.05, 4.69) is 0 Å². The fourth-order valence-corrected chi connectivity index (χ4v) is 1.60. The van der Waals surface area contributed by atoms with Crippen molar-refractivity contribution < 1.29 is 14.5 Å². The zero-order valence-corrected chi connectivity index (χ0v) is 10.6. The lowest BCUT2D eigenvalue weighted by Gasteiger charge is -2.04. The van der Waals surface area contributed by atoms with Gasteiger partial charge in [-0.25, -0.2) is 0 Å². The Hall–Kier alpha value is -2.69. The van der Waals surface area contributed by atoms with Crippen LogP contribution in [0.4, 0.5) is 5.69 Å². The summed E-state index contributed by atoms with van der Waals surface area (Å²) >= 11 is 0. The largest absolute Gasteiger partial charge is 0.460 e. The van der Waals surface area contributed by atoms with Gasteiger partial charge in [0.1, 0.15) is 6.61 Å². The Morgan fingerprint density at radius 1 is 1.10 bits per heavy atom. The highest BCUT2D eigenvalue weighted by Gasteiger charge is 2.07. The van der Waals surface area contributed by atoms with Gasteiger partial charge in [0.05, 0.1) is 11.3 Å². The zero-order chi connectivity index (χ0) is 14.4. The lowest BCUT2D eigenvalue weighted by atomic mass is 10.1. The van der Waals surface area contributed by atoms with Crippen LogP contribution in [0.1, 0.15) is 11.1 Å². The molecule has 0 fully saturated rings. The molecule has 2 aromatic rings. The Kier molecular flexibility index (Phi) is 4.44. The number of non-ortho nitro benzene ring substituents is 1. The third kappa shape index (κ3) is 3.91. The van der Waals surface area contributed by atoms with Crippen molar-refractivity contribution in [1.29, 1.82) is 0 Å². The molecule has 5 heteroatoms. The standard InChI is InChI=1S/C15H12NO4/c17-15(10-12-4-2-1-3-5-12)20-11-13-6-8-14(9-7-13)16(18)19/h1-10H,11H2. The quantitative estimate of drug-likeness (QED) is 0.476. The molecule has 2 aromatic carbocycles. The minimum Gasteiger partial charge on any atom is -0.460 e. The van der Waals surface area contributed by atoms with E-state index in [0.717, 1.165) is 5.56 Å². The predicted molar refractivity (Wildman–Crippen MR) is 72.7 cm³/mol. The summed E-state index contributed by atoms with van der Waals surface area (Å²) in [6.07, 6.45) is 1.39. The molecule has 2 rings (SSSR count). The first kappa shape index (κ1) is 13.7. The SMILES string of the molecule is O=C([CH]c1ccccc1)OCc1ccc([N+](=O)[O-])cc1. The minimum absolute atomic E-state index is 0.0101. The summed E-state index contributed by atoms with van der Waals surface area (Å²) in [6, 6.07) is 15.0. The molecule has 0 unspecified atom stereocenters. The average Bonchev–Trinajstić information content (AvgIpc) is 2.46. The van der Waals surface area contributed by atoms with E-state index in [1.807, 2.05) is 18.2 Å². The van der Waals surface area contributed by atoms with Gasteiger partial charge in [-0.1, -0.05) is 30.3 Å². The number of hydrogen-bond donors (Lipinski definition) is 0. The number of nitrogens with zero attached hydrogens (tertiary/aromatic N) is 1. The van der Waals surface area contributed by atoms with Crippen molar-refractivity contribution in [1.82, 2.24) is 0 Å². The Labute approximate surface area is 116 Å². The first-order chi connectivity index (χ1) is 9.65. The number of nitro groups is 1. The third-order valence-corrected chi connectivity index (χ3v) is 2.61. The molecule has 0 aliphatic carbocycles. The molecule has 0 saturated carbocycles. The molecule has 0 bridgehead atoms. The molecule has 0 amide bonds. The van der Waals surface area contributed by atoms with Crippen LogP contribution in [0, 0.1) is 16.5 Å². The highest BCUT2D eigenvalue weighted by molar-refractivity contribution is 5.83. The highest BCUT2D eigenvalue weighted by atomic mass is 16.6. The molecule has 101 valence electrons. The maximum atomic E-state index is 11.6. The summed E-state index contributed by atoms with van der Waals surface area (Å²) in [5.74, 6) is -0.449. The molecule has 1 radical (unpaired) electrons. The molecule has 5 nitrogen and oxygen atoms in total. The van der Waals surface area contributed by atoms with Crippen LogP contribution < -0.4 is 0 Å². The van der Waals surface area contributed by atoms with Crippen LogP contribution in [0.5, 0.6) is 0 Å². The number of benzene rings is 2. The molecule has 0 saturated heterocycles.